The molecule has 6 rings (SSSR count). The van der Waals surface area contributed by atoms with Crippen molar-refractivity contribution in [3.63, 3.8) is 0 Å². The van der Waals surface area contributed by atoms with Crippen molar-refractivity contribution in [2.24, 2.45) is 5.92 Å². The topological polar surface area (TPSA) is 116 Å². The van der Waals surface area contributed by atoms with E-state index in [-0.39, 0.29) is 17.6 Å². The number of fused-ring (bicyclic) bond motifs is 2. The van der Waals surface area contributed by atoms with Crippen molar-refractivity contribution in [3.8, 4) is 33.1 Å². The summed E-state index contributed by atoms with van der Waals surface area (Å²) in [6, 6.07) is 17.8. The number of hydrogen-bond acceptors (Lipinski definition) is 6. The number of amides is 1. The lowest BCUT2D eigenvalue weighted by Gasteiger charge is -2.08. The number of pyridine rings is 2. The zero-order chi connectivity index (χ0) is 27.1. The lowest BCUT2D eigenvalue weighted by atomic mass is 10.1. The minimum atomic E-state index is -0.0391. The van der Waals surface area contributed by atoms with Crippen molar-refractivity contribution < 1.29 is 9.59 Å². The Morgan fingerprint density at radius 2 is 1.90 bits per heavy atom. The van der Waals surface area contributed by atoms with Gasteiger partial charge in [-0.3, -0.25) is 19.7 Å². The second-order valence-electron chi connectivity index (χ2n) is 9.94. The first-order valence-corrected chi connectivity index (χ1v) is 13.5. The third-order valence-corrected chi connectivity index (χ3v) is 7.68. The summed E-state index contributed by atoms with van der Waals surface area (Å²) in [7, 11) is 0. The lowest BCUT2D eigenvalue weighted by molar-refractivity contribution is -0.116. The van der Waals surface area contributed by atoms with Crippen molar-refractivity contribution in [2.45, 2.75) is 27.2 Å². The lowest BCUT2D eigenvalue weighted by Crippen LogP contribution is -2.13. The van der Waals surface area contributed by atoms with E-state index in [1.54, 1.807) is 19.3 Å². The van der Waals surface area contributed by atoms with Crippen LogP contribution in [0, 0.1) is 5.92 Å². The van der Waals surface area contributed by atoms with E-state index in [9.17, 15) is 9.59 Å². The average molecular weight is 535 g/mol. The summed E-state index contributed by atoms with van der Waals surface area (Å²) in [4.78, 5) is 38.6. The van der Waals surface area contributed by atoms with E-state index in [4.69, 9.17) is 4.98 Å². The standard InChI is InChI=1S/C30H26N6O2S/c1-16(2)11-28(38)32-19-12-18(14-31-15-19)22-7-8-24-29(34-22)30(36-35-24)25-13-21-20(5-4-6-23(21)33-25)27-10-9-26(39-27)17(3)37/h4-10,12-16,33H,11H2,1-3H3,(H,32,38)(H,35,36). The number of hydrogen-bond donors (Lipinski definition) is 3. The largest absolute Gasteiger partial charge is 0.353 e. The second-order valence-corrected chi connectivity index (χ2v) is 11.0. The third-order valence-electron chi connectivity index (χ3n) is 6.46. The van der Waals surface area contributed by atoms with Crippen LogP contribution in [0.15, 0.2) is 67.0 Å². The highest BCUT2D eigenvalue weighted by Gasteiger charge is 2.17. The molecule has 0 radical (unpaired) electrons. The Hall–Kier alpha value is -4.63. The van der Waals surface area contributed by atoms with E-state index in [2.05, 4.69) is 37.6 Å². The Morgan fingerprint density at radius 1 is 1.03 bits per heavy atom. The molecule has 0 aliphatic rings. The predicted octanol–water partition coefficient (Wildman–Crippen LogP) is 7.08. The van der Waals surface area contributed by atoms with Gasteiger partial charge in [0.1, 0.15) is 11.2 Å². The smallest absolute Gasteiger partial charge is 0.224 e. The Labute approximate surface area is 228 Å². The van der Waals surface area contributed by atoms with Crippen LogP contribution < -0.4 is 5.32 Å². The summed E-state index contributed by atoms with van der Waals surface area (Å²) >= 11 is 1.50. The number of rotatable bonds is 7. The molecule has 0 bridgehead atoms. The van der Waals surface area contributed by atoms with Gasteiger partial charge in [0, 0.05) is 39.5 Å². The highest BCUT2D eigenvalue weighted by Crippen LogP contribution is 2.37. The SMILES string of the molecule is CC(=O)c1ccc(-c2cccc3[nH]c(-c4n[nH]c5ccc(-c6cncc(NC(=O)CC(C)C)c6)nc45)cc23)s1. The number of anilines is 1. The molecule has 0 atom stereocenters. The maximum absolute atomic E-state index is 12.2. The number of carbonyl (C=O) groups is 2. The molecule has 0 spiro atoms. The molecule has 8 nitrogen and oxygen atoms in total. The molecule has 5 aromatic heterocycles. The number of aromatic amines is 2. The third kappa shape index (κ3) is 4.84. The molecule has 6 aromatic rings. The summed E-state index contributed by atoms with van der Waals surface area (Å²) < 4.78 is 0. The Bertz CT molecular complexity index is 1860. The molecule has 9 heteroatoms. The first-order valence-electron chi connectivity index (χ1n) is 12.7. The first-order chi connectivity index (χ1) is 18.9. The van der Waals surface area contributed by atoms with Gasteiger partial charge in [0.05, 0.1) is 33.7 Å². The van der Waals surface area contributed by atoms with E-state index in [0.29, 0.717) is 17.8 Å². The van der Waals surface area contributed by atoms with Gasteiger partial charge in [0.2, 0.25) is 5.91 Å². The number of thiophene rings is 1. The first kappa shape index (κ1) is 24.7. The fourth-order valence-electron chi connectivity index (χ4n) is 4.65. The predicted molar refractivity (Wildman–Crippen MR) is 156 cm³/mol. The molecule has 1 aromatic carbocycles. The van der Waals surface area contributed by atoms with Crippen LogP contribution in [-0.4, -0.2) is 36.8 Å². The normalized spacial score (nSPS) is 11.5. The number of H-pyrrole nitrogens is 2. The van der Waals surface area contributed by atoms with Gasteiger partial charge >= 0.3 is 0 Å². The molecule has 1 amide bonds. The molecule has 3 N–H and O–H groups in total. The van der Waals surface area contributed by atoms with Crippen molar-refractivity contribution in [3.05, 3.63) is 71.9 Å². The summed E-state index contributed by atoms with van der Waals surface area (Å²) in [6.45, 7) is 5.61. The van der Waals surface area contributed by atoms with Crippen molar-refractivity contribution in [2.75, 3.05) is 5.32 Å². The summed E-state index contributed by atoms with van der Waals surface area (Å²) in [5.74, 6) is 0.299. The molecule has 39 heavy (non-hydrogen) atoms. The molecule has 0 fully saturated rings. The van der Waals surface area contributed by atoms with Crippen molar-refractivity contribution in [1.29, 1.82) is 0 Å². The number of nitrogens with zero attached hydrogens (tertiary/aromatic N) is 3. The molecular formula is C30H26N6O2S. The van der Waals surface area contributed by atoms with E-state index < -0.39 is 0 Å². The van der Waals surface area contributed by atoms with Gasteiger partial charge in [0.25, 0.3) is 0 Å². The average Bonchev–Trinajstić information content (AvgIpc) is 3.65. The van der Waals surface area contributed by atoms with Gasteiger partial charge in [-0.15, -0.1) is 11.3 Å². The van der Waals surface area contributed by atoms with Gasteiger partial charge in [-0.25, -0.2) is 4.98 Å². The Balaban J connectivity index is 1.37. The summed E-state index contributed by atoms with van der Waals surface area (Å²) in [6.07, 6.45) is 3.82. The van der Waals surface area contributed by atoms with Gasteiger partial charge < -0.3 is 10.3 Å². The van der Waals surface area contributed by atoms with Crippen LogP contribution in [-0.2, 0) is 4.79 Å². The van der Waals surface area contributed by atoms with Crippen LogP contribution in [0.3, 0.4) is 0 Å². The monoisotopic (exact) mass is 534 g/mol. The highest BCUT2D eigenvalue weighted by atomic mass is 32.1. The van der Waals surface area contributed by atoms with Crippen LogP contribution in [0.4, 0.5) is 5.69 Å². The number of ketones is 1. The number of aromatic nitrogens is 5. The number of benzene rings is 1. The summed E-state index contributed by atoms with van der Waals surface area (Å²) in [5, 5.41) is 11.6. The maximum Gasteiger partial charge on any atom is 0.224 e. The molecule has 194 valence electrons. The Morgan fingerprint density at radius 3 is 2.69 bits per heavy atom. The van der Waals surface area contributed by atoms with Crippen LogP contribution in [0.2, 0.25) is 0 Å². The molecular weight excluding hydrogens is 508 g/mol. The molecule has 0 saturated heterocycles. The number of nitrogens with one attached hydrogen (secondary N) is 3. The molecule has 0 saturated carbocycles. The van der Waals surface area contributed by atoms with E-state index in [1.165, 1.54) is 11.3 Å². The van der Waals surface area contributed by atoms with Gasteiger partial charge in [-0.1, -0.05) is 26.0 Å². The molecule has 0 aliphatic carbocycles. The second kappa shape index (κ2) is 9.92. The van der Waals surface area contributed by atoms with Gasteiger partial charge in [-0.2, -0.15) is 5.10 Å². The van der Waals surface area contributed by atoms with E-state index in [1.807, 2.05) is 56.3 Å². The van der Waals surface area contributed by atoms with Gasteiger partial charge in [0.15, 0.2) is 5.78 Å². The van der Waals surface area contributed by atoms with Crippen LogP contribution in [0.25, 0.3) is 55.0 Å². The highest BCUT2D eigenvalue weighted by molar-refractivity contribution is 7.17. The van der Waals surface area contributed by atoms with Gasteiger partial charge in [-0.05, 0) is 55.3 Å². The van der Waals surface area contributed by atoms with E-state index >= 15 is 0 Å². The zero-order valence-electron chi connectivity index (χ0n) is 21.7. The van der Waals surface area contributed by atoms with Crippen LogP contribution in [0.1, 0.15) is 36.9 Å². The minimum Gasteiger partial charge on any atom is -0.353 e. The van der Waals surface area contributed by atoms with Crippen LogP contribution >= 0.6 is 11.3 Å². The maximum atomic E-state index is 12.2. The molecule has 5 heterocycles. The number of carbonyl (C=O) groups excluding carboxylic acids is 2. The fourth-order valence-corrected chi connectivity index (χ4v) is 5.59. The molecule has 0 unspecified atom stereocenters. The Kier molecular flexibility index (Phi) is 6.28. The quantitative estimate of drug-likeness (QED) is 0.189. The zero-order valence-corrected chi connectivity index (χ0v) is 22.5. The van der Waals surface area contributed by atoms with E-state index in [0.717, 1.165) is 54.2 Å². The van der Waals surface area contributed by atoms with Crippen molar-refractivity contribution >= 4 is 50.7 Å². The minimum absolute atomic E-state index is 0.0391. The fraction of sp³-hybridized carbons (Fsp3) is 0.167. The summed E-state index contributed by atoms with van der Waals surface area (Å²) in [5.41, 5.74) is 7.27. The van der Waals surface area contributed by atoms with Crippen LogP contribution in [0.5, 0.6) is 0 Å². The number of Topliss-reactive ketones (excluding diaryl/α,β-unsaturated/α-hetero) is 1. The van der Waals surface area contributed by atoms with Crippen molar-refractivity contribution in [1.82, 2.24) is 25.1 Å². The molecule has 0 aliphatic heterocycles.